The Morgan fingerprint density at radius 2 is 0.970 bits per heavy atom. The third kappa shape index (κ3) is 22.1. The van der Waals surface area contributed by atoms with E-state index in [4.69, 9.17) is 13.6 Å². The van der Waals surface area contributed by atoms with Crippen molar-refractivity contribution < 1.29 is 18.4 Å². The lowest BCUT2D eigenvalue weighted by Gasteiger charge is -2.36. The van der Waals surface area contributed by atoms with Crippen molar-refractivity contribution >= 4 is 22.6 Å². The zero-order valence-electron chi connectivity index (χ0n) is 23.6. The van der Waals surface area contributed by atoms with Crippen molar-refractivity contribution in [3.63, 3.8) is 0 Å². The van der Waals surface area contributed by atoms with Crippen LogP contribution >= 0.6 is 0 Å². The smallest absolute Gasteiger partial charge is 0.305 e. The molecule has 0 aliphatic heterocycles. The first-order valence-electron chi connectivity index (χ1n) is 13.9. The van der Waals surface area contributed by atoms with Crippen molar-refractivity contribution in [2.45, 2.75) is 161 Å². The molecule has 0 heterocycles. The summed E-state index contributed by atoms with van der Waals surface area (Å²) in [5, 5.41) is 0. The van der Waals surface area contributed by atoms with E-state index in [1.165, 1.54) is 84.2 Å². The SMILES string of the molecule is CCCCCCCCCCCCCCC(O[Si](C)(C)C)C(CCCC(=O)OC)O[Si](C)(C)C. The van der Waals surface area contributed by atoms with Crippen molar-refractivity contribution in [2.24, 2.45) is 0 Å². The normalized spacial score (nSPS) is 14.3. The monoisotopic (exact) mass is 502 g/mol. The lowest BCUT2D eigenvalue weighted by atomic mass is 10.00. The van der Waals surface area contributed by atoms with Gasteiger partial charge in [-0.3, -0.25) is 4.79 Å². The molecule has 0 aromatic heterocycles. The first kappa shape index (κ1) is 32.8. The quantitative estimate of drug-likeness (QED) is 0.0842. The van der Waals surface area contributed by atoms with Gasteiger partial charge in [-0.2, -0.15) is 0 Å². The Morgan fingerprint density at radius 3 is 1.33 bits per heavy atom. The molecule has 0 aromatic carbocycles. The van der Waals surface area contributed by atoms with E-state index in [9.17, 15) is 4.79 Å². The van der Waals surface area contributed by atoms with E-state index in [2.05, 4.69) is 46.2 Å². The molecule has 2 atom stereocenters. The summed E-state index contributed by atoms with van der Waals surface area (Å²) in [5.41, 5.74) is 0. The maximum Gasteiger partial charge on any atom is 0.305 e. The van der Waals surface area contributed by atoms with Crippen LogP contribution < -0.4 is 0 Å². The van der Waals surface area contributed by atoms with Crippen molar-refractivity contribution in [3.8, 4) is 0 Å². The van der Waals surface area contributed by atoms with Crippen LogP contribution in [0.5, 0.6) is 0 Å². The number of carbonyl (C=O) groups is 1. The van der Waals surface area contributed by atoms with Crippen molar-refractivity contribution in [1.82, 2.24) is 0 Å². The highest BCUT2D eigenvalue weighted by atomic mass is 28.4. The molecule has 2 unspecified atom stereocenters. The zero-order valence-corrected chi connectivity index (χ0v) is 25.6. The lowest BCUT2D eigenvalue weighted by Crippen LogP contribution is -2.44. The summed E-state index contributed by atoms with van der Waals surface area (Å²) in [6.07, 6.45) is 19.8. The predicted molar refractivity (Wildman–Crippen MR) is 148 cm³/mol. The van der Waals surface area contributed by atoms with E-state index in [0.717, 1.165) is 19.3 Å². The van der Waals surface area contributed by atoms with Gasteiger partial charge in [-0.1, -0.05) is 84.0 Å². The summed E-state index contributed by atoms with van der Waals surface area (Å²) >= 11 is 0. The Balaban J connectivity index is 4.46. The fourth-order valence-corrected chi connectivity index (χ4v) is 6.64. The van der Waals surface area contributed by atoms with Gasteiger partial charge in [0.25, 0.3) is 0 Å². The molecule has 33 heavy (non-hydrogen) atoms. The van der Waals surface area contributed by atoms with Gasteiger partial charge >= 0.3 is 5.97 Å². The fraction of sp³-hybridized carbons (Fsp3) is 0.963. The van der Waals surface area contributed by atoms with Crippen molar-refractivity contribution in [1.29, 1.82) is 0 Å². The van der Waals surface area contributed by atoms with E-state index in [1.54, 1.807) is 0 Å². The van der Waals surface area contributed by atoms with Crippen LogP contribution in [0.1, 0.15) is 110 Å². The highest BCUT2D eigenvalue weighted by molar-refractivity contribution is 6.70. The summed E-state index contributed by atoms with van der Waals surface area (Å²) in [4.78, 5) is 11.6. The van der Waals surface area contributed by atoms with Gasteiger partial charge in [0.05, 0.1) is 19.3 Å². The second-order valence-electron chi connectivity index (χ2n) is 11.7. The first-order valence-corrected chi connectivity index (χ1v) is 20.7. The van der Waals surface area contributed by atoms with Crippen LogP contribution in [-0.2, 0) is 18.4 Å². The van der Waals surface area contributed by atoms with Gasteiger partial charge in [-0.05, 0) is 58.5 Å². The third-order valence-electron chi connectivity index (χ3n) is 5.86. The summed E-state index contributed by atoms with van der Waals surface area (Å²) < 4.78 is 18.1. The summed E-state index contributed by atoms with van der Waals surface area (Å²) in [7, 11) is -1.93. The topological polar surface area (TPSA) is 44.8 Å². The summed E-state index contributed by atoms with van der Waals surface area (Å²) in [5.74, 6) is -0.134. The lowest BCUT2D eigenvalue weighted by molar-refractivity contribution is -0.140. The van der Waals surface area contributed by atoms with Crippen LogP contribution in [0, 0.1) is 0 Å². The van der Waals surface area contributed by atoms with Crippen LogP contribution in [0.15, 0.2) is 0 Å². The third-order valence-corrected chi connectivity index (χ3v) is 7.88. The Labute approximate surface area is 209 Å². The van der Waals surface area contributed by atoms with Crippen LogP contribution in [0.2, 0.25) is 39.3 Å². The maximum atomic E-state index is 11.6. The molecule has 0 spiro atoms. The number of ether oxygens (including phenoxy) is 1. The number of hydrogen-bond donors (Lipinski definition) is 0. The van der Waals surface area contributed by atoms with Crippen LogP contribution in [0.4, 0.5) is 0 Å². The minimum absolute atomic E-state index is 0.0840. The average molecular weight is 503 g/mol. The van der Waals surface area contributed by atoms with E-state index in [0.29, 0.717) is 6.42 Å². The molecule has 0 amide bonds. The van der Waals surface area contributed by atoms with Gasteiger partial charge in [0.15, 0.2) is 16.6 Å². The Hall–Kier alpha value is -0.176. The zero-order chi connectivity index (χ0) is 25.2. The maximum absolute atomic E-state index is 11.6. The molecule has 0 aliphatic rings. The van der Waals surface area contributed by atoms with Gasteiger partial charge in [-0.25, -0.2) is 0 Å². The Kier molecular flexibility index (Phi) is 19.0. The molecule has 0 radical (unpaired) electrons. The molecule has 0 aliphatic carbocycles. The van der Waals surface area contributed by atoms with E-state index in [1.807, 2.05) is 0 Å². The number of unbranched alkanes of at least 4 members (excludes halogenated alkanes) is 11. The number of rotatable bonds is 22. The largest absolute Gasteiger partial charge is 0.469 e. The number of hydrogen-bond acceptors (Lipinski definition) is 4. The second kappa shape index (κ2) is 19.1. The Morgan fingerprint density at radius 1 is 0.606 bits per heavy atom. The Bertz CT molecular complexity index is 472. The molecule has 0 bridgehead atoms. The first-order chi connectivity index (χ1) is 15.5. The summed E-state index contributed by atoms with van der Waals surface area (Å²) in [6.45, 7) is 15.8. The minimum Gasteiger partial charge on any atom is -0.469 e. The minimum atomic E-state index is -1.71. The number of carbonyl (C=O) groups excluding carboxylic acids is 1. The van der Waals surface area contributed by atoms with Crippen molar-refractivity contribution in [2.75, 3.05) is 7.11 Å². The summed E-state index contributed by atoms with van der Waals surface area (Å²) in [6, 6.07) is 0. The molecule has 0 aromatic rings. The van der Waals surface area contributed by atoms with Gasteiger partial charge in [-0.15, -0.1) is 0 Å². The van der Waals surface area contributed by atoms with E-state index >= 15 is 0 Å². The van der Waals surface area contributed by atoms with Gasteiger partial charge < -0.3 is 13.6 Å². The van der Waals surface area contributed by atoms with Crippen LogP contribution in [0.25, 0.3) is 0 Å². The molecule has 6 heteroatoms. The van der Waals surface area contributed by atoms with Gasteiger partial charge in [0.1, 0.15) is 0 Å². The molecule has 0 fully saturated rings. The average Bonchev–Trinajstić information content (AvgIpc) is 2.71. The highest BCUT2D eigenvalue weighted by Crippen LogP contribution is 2.25. The highest BCUT2D eigenvalue weighted by Gasteiger charge is 2.31. The number of esters is 1. The molecule has 4 nitrogen and oxygen atoms in total. The second-order valence-corrected chi connectivity index (χ2v) is 20.6. The molecule has 0 rings (SSSR count). The molecule has 0 saturated carbocycles. The molecule has 198 valence electrons. The van der Waals surface area contributed by atoms with Gasteiger partial charge in [0, 0.05) is 6.42 Å². The van der Waals surface area contributed by atoms with E-state index in [-0.39, 0.29) is 18.2 Å². The molecule has 0 saturated heterocycles. The molecular formula is C27H58O4Si2. The van der Waals surface area contributed by atoms with Gasteiger partial charge in [0.2, 0.25) is 0 Å². The van der Waals surface area contributed by atoms with Crippen LogP contribution in [-0.4, -0.2) is 41.9 Å². The predicted octanol–water partition coefficient (Wildman–Crippen LogP) is 8.86. The van der Waals surface area contributed by atoms with E-state index < -0.39 is 16.6 Å². The number of methoxy groups -OCH3 is 1. The molecule has 0 N–H and O–H groups in total. The van der Waals surface area contributed by atoms with Crippen molar-refractivity contribution in [3.05, 3.63) is 0 Å². The van der Waals surface area contributed by atoms with Crippen LogP contribution in [0.3, 0.4) is 0 Å². The fourth-order valence-electron chi connectivity index (χ4n) is 4.29. The standard InChI is InChI=1S/C27H58O4Si2/c1-9-10-11-12-13-14-15-16-17-18-19-20-22-25(30-32(3,4)5)26(31-33(6,7)8)23-21-24-27(28)29-2/h25-26H,9-24H2,1-8H3. The molecular weight excluding hydrogens is 444 g/mol.